The Balaban J connectivity index is 2.18. The van der Waals surface area contributed by atoms with Gasteiger partial charge in [-0.15, -0.1) is 0 Å². The molecule has 0 aromatic heterocycles. The summed E-state index contributed by atoms with van der Waals surface area (Å²) in [6.45, 7) is 0.586. The van der Waals surface area contributed by atoms with E-state index in [0.29, 0.717) is 6.61 Å². The molecule has 7 heteroatoms. The maximum atomic E-state index is 12.2. The summed E-state index contributed by atoms with van der Waals surface area (Å²) >= 11 is 5.85. The third-order valence-corrected chi connectivity index (χ3v) is 4.63. The van der Waals surface area contributed by atoms with Gasteiger partial charge in [0, 0.05) is 7.11 Å². The molecule has 0 saturated carbocycles. The van der Waals surface area contributed by atoms with Crippen molar-refractivity contribution >= 4 is 21.7 Å². The molecule has 0 saturated heterocycles. The quantitative estimate of drug-likeness (QED) is 0.747. The minimum absolute atomic E-state index is 0.0621. The Morgan fingerprint density at radius 2 is 1.87 bits per heavy atom. The second-order valence-corrected chi connectivity index (χ2v) is 6.63. The van der Waals surface area contributed by atoms with Crippen LogP contribution in [0.1, 0.15) is 11.1 Å². The van der Waals surface area contributed by atoms with E-state index in [4.69, 9.17) is 25.8 Å². The minimum atomic E-state index is -4.01. The second-order valence-electron chi connectivity index (χ2n) is 4.68. The monoisotopic (exact) mass is 351 g/mol. The fourth-order valence-corrected chi connectivity index (χ4v) is 3.09. The fourth-order valence-electron chi connectivity index (χ4n) is 1.85. The summed E-state index contributed by atoms with van der Waals surface area (Å²) in [7, 11) is -2.39. The van der Waals surface area contributed by atoms with Gasteiger partial charge >= 0.3 is 10.1 Å². The molecule has 0 unspecified atom stereocenters. The van der Waals surface area contributed by atoms with Crippen molar-refractivity contribution in [3.8, 4) is 11.8 Å². The summed E-state index contributed by atoms with van der Waals surface area (Å²) < 4.78 is 34.5. The molecule has 0 aliphatic heterocycles. The first-order valence-corrected chi connectivity index (χ1v) is 8.47. The van der Waals surface area contributed by atoms with E-state index < -0.39 is 10.1 Å². The lowest BCUT2D eigenvalue weighted by molar-refractivity contribution is 0.202. The molecule has 0 amide bonds. The van der Waals surface area contributed by atoms with E-state index >= 15 is 0 Å². The van der Waals surface area contributed by atoms with Gasteiger partial charge in [0.1, 0.15) is 16.7 Å². The number of methoxy groups -OCH3 is 1. The number of hydrogen-bond acceptors (Lipinski definition) is 5. The first kappa shape index (κ1) is 17.3. The SMILES string of the molecule is COCCc1ccc(OS(=O)(=O)c2ccc(C#N)c(Cl)c2)cc1. The van der Waals surface area contributed by atoms with Crippen molar-refractivity contribution in [1.29, 1.82) is 5.26 Å². The Morgan fingerprint density at radius 1 is 1.17 bits per heavy atom. The number of nitrogens with zero attached hydrogens (tertiary/aromatic N) is 1. The number of rotatable bonds is 6. The van der Waals surface area contributed by atoms with Crippen molar-refractivity contribution in [3.63, 3.8) is 0 Å². The second kappa shape index (κ2) is 7.47. The third-order valence-electron chi connectivity index (χ3n) is 3.07. The van der Waals surface area contributed by atoms with Crippen LogP contribution >= 0.6 is 11.6 Å². The average molecular weight is 352 g/mol. The number of halogens is 1. The predicted octanol–water partition coefficient (Wildman–Crippen LogP) is 3.17. The summed E-state index contributed by atoms with van der Waals surface area (Å²) in [4.78, 5) is -0.107. The third kappa shape index (κ3) is 4.45. The number of ether oxygens (including phenoxy) is 1. The number of nitriles is 1. The van der Waals surface area contributed by atoms with E-state index in [9.17, 15) is 8.42 Å². The van der Waals surface area contributed by atoms with E-state index in [1.807, 2.05) is 6.07 Å². The van der Waals surface area contributed by atoms with Crippen LogP contribution in [0.3, 0.4) is 0 Å². The Bertz CT molecular complexity index is 826. The minimum Gasteiger partial charge on any atom is -0.384 e. The van der Waals surface area contributed by atoms with Crippen molar-refractivity contribution in [2.75, 3.05) is 13.7 Å². The highest BCUT2D eigenvalue weighted by Gasteiger charge is 2.18. The van der Waals surface area contributed by atoms with Gasteiger partial charge < -0.3 is 8.92 Å². The number of hydrogen-bond donors (Lipinski definition) is 0. The Labute approximate surface area is 140 Å². The fraction of sp³-hybridized carbons (Fsp3) is 0.188. The molecular weight excluding hydrogens is 338 g/mol. The van der Waals surface area contributed by atoms with Gasteiger partial charge in [0.05, 0.1) is 17.2 Å². The topological polar surface area (TPSA) is 76.4 Å². The summed E-state index contributed by atoms with van der Waals surface area (Å²) in [6, 6.07) is 12.4. The van der Waals surface area contributed by atoms with Gasteiger partial charge in [-0.3, -0.25) is 0 Å². The lowest BCUT2D eigenvalue weighted by atomic mass is 10.1. The highest BCUT2D eigenvalue weighted by atomic mass is 35.5. The first-order valence-electron chi connectivity index (χ1n) is 6.68. The lowest BCUT2D eigenvalue weighted by Gasteiger charge is -2.08. The summed E-state index contributed by atoms with van der Waals surface area (Å²) in [5.41, 5.74) is 1.21. The van der Waals surface area contributed by atoms with Crippen LogP contribution < -0.4 is 4.18 Å². The van der Waals surface area contributed by atoms with Crippen LogP contribution in [0.5, 0.6) is 5.75 Å². The van der Waals surface area contributed by atoms with Gasteiger partial charge in [0.25, 0.3) is 0 Å². The molecule has 0 fully saturated rings. The summed E-state index contributed by atoms with van der Waals surface area (Å²) in [6.07, 6.45) is 0.731. The maximum absolute atomic E-state index is 12.2. The molecule has 5 nitrogen and oxygen atoms in total. The van der Waals surface area contributed by atoms with Crippen LogP contribution in [0.15, 0.2) is 47.4 Å². The van der Waals surface area contributed by atoms with Crippen LogP contribution in [-0.4, -0.2) is 22.1 Å². The molecule has 23 heavy (non-hydrogen) atoms. The van der Waals surface area contributed by atoms with Gasteiger partial charge in [-0.25, -0.2) is 0 Å². The molecule has 2 aromatic carbocycles. The molecule has 0 aliphatic rings. The summed E-state index contributed by atoms with van der Waals surface area (Å²) in [5.74, 6) is 0.201. The zero-order valence-corrected chi connectivity index (χ0v) is 13.9. The van der Waals surface area contributed by atoms with Crippen LogP contribution in [0, 0.1) is 11.3 Å². The highest BCUT2D eigenvalue weighted by molar-refractivity contribution is 7.87. The van der Waals surface area contributed by atoms with Crippen molar-refractivity contribution in [2.24, 2.45) is 0 Å². The van der Waals surface area contributed by atoms with E-state index in [-0.39, 0.29) is 21.2 Å². The molecule has 0 bridgehead atoms. The first-order chi connectivity index (χ1) is 11.0. The standard InChI is InChI=1S/C16H14ClNO4S/c1-21-9-8-12-2-5-14(6-3-12)22-23(19,20)15-7-4-13(11-18)16(17)10-15/h2-7,10H,8-9H2,1H3. The molecule has 2 rings (SSSR count). The van der Waals surface area contributed by atoms with Crippen LogP contribution in [0.4, 0.5) is 0 Å². The van der Waals surface area contributed by atoms with Crippen molar-refractivity contribution in [1.82, 2.24) is 0 Å². The Hall–Kier alpha value is -2.07. The van der Waals surface area contributed by atoms with E-state index in [1.165, 1.54) is 18.2 Å². The van der Waals surface area contributed by atoms with E-state index in [0.717, 1.165) is 12.0 Å². The molecule has 0 N–H and O–H groups in total. The summed E-state index contributed by atoms with van der Waals surface area (Å²) in [5, 5.41) is 8.87. The van der Waals surface area contributed by atoms with Crippen molar-refractivity contribution in [3.05, 3.63) is 58.6 Å². The van der Waals surface area contributed by atoms with Gasteiger partial charge in [-0.05, 0) is 42.3 Å². The predicted molar refractivity (Wildman–Crippen MR) is 86.0 cm³/mol. The van der Waals surface area contributed by atoms with Gasteiger partial charge in [-0.1, -0.05) is 23.7 Å². The van der Waals surface area contributed by atoms with Crippen LogP contribution in [-0.2, 0) is 21.3 Å². The van der Waals surface area contributed by atoms with Gasteiger partial charge in [0.15, 0.2) is 0 Å². The zero-order valence-electron chi connectivity index (χ0n) is 12.3. The zero-order chi connectivity index (χ0) is 16.9. The van der Waals surface area contributed by atoms with Crippen molar-refractivity contribution in [2.45, 2.75) is 11.3 Å². The molecule has 0 spiro atoms. The largest absolute Gasteiger partial charge is 0.384 e. The molecule has 120 valence electrons. The van der Waals surface area contributed by atoms with E-state index in [2.05, 4.69) is 0 Å². The maximum Gasteiger partial charge on any atom is 0.339 e. The lowest BCUT2D eigenvalue weighted by Crippen LogP contribution is -2.10. The Morgan fingerprint density at radius 3 is 2.43 bits per heavy atom. The molecule has 2 aromatic rings. The molecule has 0 radical (unpaired) electrons. The molecule has 0 heterocycles. The molecule has 0 aliphatic carbocycles. The molecular formula is C16H14ClNO4S. The molecule has 0 atom stereocenters. The smallest absolute Gasteiger partial charge is 0.339 e. The van der Waals surface area contributed by atoms with Crippen LogP contribution in [0.25, 0.3) is 0 Å². The van der Waals surface area contributed by atoms with Crippen molar-refractivity contribution < 1.29 is 17.3 Å². The average Bonchev–Trinajstić information content (AvgIpc) is 2.54. The number of benzene rings is 2. The highest BCUT2D eigenvalue weighted by Crippen LogP contribution is 2.23. The van der Waals surface area contributed by atoms with Crippen LogP contribution in [0.2, 0.25) is 5.02 Å². The van der Waals surface area contributed by atoms with Gasteiger partial charge in [0.2, 0.25) is 0 Å². The Kier molecular flexibility index (Phi) is 5.61. The van der Waals surface area contributed by atoms with Gasteiger partial charge in [-0.2, -0.15) is 13.7 Å². The van der Waals surface area contributed by atoms with E-state index in [1.54, 1.807) is 31.4 Å². The normalized spacial score (nSPS) is 11.0.